The summed E-state index contributed by atoms with van der Waals surface area (Å²) in [5.41, 5.74) is 2.07. The molecule has 2 aliphatic rings. The highest BCUT2D eigenvalue weighted by atomic mass is 16.2. The number of urea groups is 1. The molecule has 0 radical (unpaired) electrons. The van der Waals surface area contributed by atoms with E-state index in [1.165, 1.54) is 0 Å². The van der Waals surface area contributed by atoms with Gasteiger partial charge in [-0.05, 0) is 31.2 Å². The van der Waals surface area contributed by atoms with Gasteiger partial charge in [-0.15, -0.1) is 0 Å². The minimum Gasteiger partial charge on any atom is -0.346 e. The largest absolute Gasteiger partial charge is 0.346 e. The first-order valence-corrected chi connectivity index (χ1v) is 10.1. The maximum atomic E-state index is 13.1. The van der Waals surface area contributed by atoms with Gasteiger partial charge in [0.1, 0.15) is 11.7 Å². The van der Waals surface area contributed by atoms with E-state index < -0.39 is 0 Å². The summed E-state index contributed by atoms with van der Waals surface area (Å²) < 4.78 is 1.79. The Morgan fingerprint density at radius 3 is 3.03 bits per heavy atom. The van der Waals surface area contributed by atoms with Crippen molar-refractivity contribution in [3.8, 4) is 6.07 Å². The molecule has 2 N–H and O–H groups in total. The van der Waals surface area contributed by atoms with Crippen LogP contribution in [0.4, 0.5) is 4.79 Å². The first-order valence-electron chi connectivity index (χ1n) is 10.1. The van der Waals surface area contributed by atoms with Crippen LogP contribution in [0.3, 0.4) is 0 Å². The summed E-state index contributed by atoms with van der Waals surface area (Å²) in [7, 11) is 0. The second kappa shape index (κ2) is 6.65. The van der Waals surface area contributed by atoms with Crippen LogP contribution in [0.5, 0.6) is 0 Å². The van der Waals surface area contributed by atoms with Gasteiger partial charge < -0.3 is 19.8 Å². The zero-order valence-corrected chi connectivity index (χ0v) is 16.3. The zero-order chi connectivity index (χ0) is 20.1. The van der Waals surface area contributed by atoms with Crippen molar-refractivity contribution in [1.29, 1.82) is 5.26 Å². The monoisotopic (exact) mass is 393 g/mol. The fraction of sp³-hybridized carbons (Fsp3) is 0.500. The van der Waals surface area contributed by atoms with Crippen LogP contribution in [0.25, 0.3) is 22.1 Å². The summed E-state index contributed by atoms with van der Waals surface area (Å²) in [5, 5.41) is 10.2. The molecule has 3 aromatic rings. The number of imidazole rings is 1. The normalized spacial score (nSPS) is 25.0. The predicted octanol–water partition coefficient (Wildman–Crippen LogP) is 2.20. The van der Waals surface area contributed by atoms with E-state index in [0.29, 0.717) is 25.2 Å². The second-order valence-corrected chi connectivity index (χ2v) is 8.10. The van der Waals surface area contributed by atoms with Gasteiger partial charge in [0.25, 0.3) is 0 Å². The lowest BCUT2D eigenvalue weighted by Gasteiger charge is -2.39. The number of pyridine rings is 1. The van der Waals surface area contributed by atoms with Gasteiger partial charge >= 0.3 is 11.7 Å². The van der Waals surface area contributed by atoms with Gasteiger partial charge in [-0.2, -0.15) is 5.26 Å². The van der Waals surface area contributed by atoms with Gasteiger partial charge in [0.2, 0.25) is 0 Å². The van der Waals surface area contributed by atoms with Crippen molar-refractivity contribution in [3.05, 3.63) is 28.9 Å². The number of fused-ring (bicyclic) bond motifs is 3. The fourth-order valence-corrected chi connectivity index (χ4v) is 4.81. The minimum absolute atomic E-state index is 0.0905. The van der Waals surface area contributed by atoms with Crippen molar-refractivity contribution in [2.75, 3.05) is 19.6 Å². The molecule has 2 saturated heterocycles. The number of rotatable bonds is 1. The highest BCUT2D eigenvalue weighted by molar-refractivity contribution is 6.01. The Labute approximate surface area is 166 Å². The molecule has 0 aromatic carbocycles. The van der Waals surface area contributed by atoms with Crippen LogP contribution in [-0.4, -0.2) is 61.0 Å². The fourth-order valence-electron chi connectivity index (χ4n) is 4.81. The lowest BCUT2D eigenvalue weighted by atomic mass is 9.93. The average molecular weight is 393 g/mol. The molecule has 29 heavy (non-hydrogen) atoms. The zero-order valence-electron chi connectivity index (χ0n) is 16.3. The number of carbonyl (C=O) groups is 1. The van der Waals surface area contributed by atoms with Crippen LogP contribution in [0, 0.1) is 17.2 Å². The van der Waals surface area contributed by atoms with Gasteiger partial charge in [0.05, 0.1) is 29.3 Å². The molecule has 2 aliphatic heterocycles. The van der Waals surface area contributed by atoms with E-state index >= 15 is 0 Å². The molecule has 5 rings (SSSR count). The van der Waals surface area contributed by atoms with Crippen molar-refractivity contribution in [3.63, 3.8) is 0 Å². The lowest BCUT2D eigenvalue weighted by Crippen LogP contribution is -2.51. The highest BCUT2D eigenvalue weighted by Crippen LogP contribution is 2.32. The summed E-state index contributed by atoms with van der Waals surface area (Å²) >= 11 is 0. The SMILES string of the molecule is C[C@@H]1CCN(C(=O)N2CCC[C@@H]2C#N)C[C@@H]1n1c(=O)[nH]c2cnc3[nH]ccc3c21. The number of amides is 2. The van der Waals surface area contributed by atoms with Gasteiger partial charge in [-0.25, -0.2) is 14.6 Å². The lowest BCUT2D eigenvalue weighted by molar-refractivity contribution is 0.113. The number of nitrogens with one attached hydrogen (secondary N) is 2. The summed E-state index contributed by atoms with van der Waals surface area (Å²) in [6.45, 7) is 3.84. The van der Waals surface area contributed by atoms with Crippen LogP contribution in [0.1, 0.15) is 32.2 Å². The standard InChI is InChI=1S/C20H23N7O2/c1-12-5-8-25(20(29)26-7-2-3-13(26)9-21)11-16(12)27-17-14-4-6-22-18(14)23-10-15(17)24-19(27)28/h4,6,10,12-13,16H,2-3,5,7-8,11H2,1H3,(H,22,23)(H,24,28)/t12-,13-,16+/m1/s1. The molecule has 2 fully saturated rings. The number of nitrogens with zero attached hydrogens (tertiary/aromatic N) is 5. The first-order chi connectivity index (χ1) is 14.1. The van der Waals surface area contributed by atoms with Crippen LogP contribution in [0.15, 0.2) is 23.3 Å². The predicted molar refractivity (Wildman–Crippen MR) is 107 cm³/mol. The van der Waals surface area contributed by atoms with Crippen LogP contribution in [0.2, 0.25) is 0 Å². The molecule has 0 saturated carbocycles. The van der Waals surface area contributed by atoms with Gasteiger partial charge in [-0.3, -0.25) is 4.57 Å². The maximum Gasteiger partial charge on any atom is 0.326 e. The van der Waals surface area contributed by atoms with Crippen LogP contribution in [-0.2, 0) is 0 Å². The molecule has 0 aliphatic carbocycles. The van der Waals surface area contributed by atoms with E-state index in [9.17, 15) is 14.9 Å². The second-order valence-electron chi connectivity index (χ2n) is 8.10. The number of carbonyl (C=O) groups excluding carboxylic acids is 1. The first kappa shape index (κ1) is 17.8. The number of aromatic amines is 2. The molecule has 0 bridgehead atoms. The Bertz CT molecular complexity index is 1180. The number of likely N-dealkylation sites (tertiary alicyclic amines) is 2. The van der Waals surface area contributed by atoms with E-state index in [1.807, 2.05) is 12.3 Å². The molecule has 0 spiro atoms. The van der Waals surface area contributed by atoms with Crippen molar-refractivity contribution in [1.82, 2.24) is 29.3 Å². The maximum absolute atomic E-state index is 13.1. The molecule has 3 aromatic heterocycles. The Morgan fingerprint density at radius 2 is 2.21 bits per heavy atom. The molecule has 5 heterocycles. The van der Waals surface area contributed by atoms with E-state index in [1.54, 1.807) is 20.6 Å². The third-order valence-electron chi connectivity index (χ3n) is 6.43. The number of hydrogen-bond acceptors (Lipinski definition) is 4. The smallest absolute Gasteiger partial charge is 0.326 e. The molecule has 2 amide bonds. The van der Waals surface area contributed by atoms with Crippen molar-refractivity contribution < 1.29 is 4.79 Å². The number of H-pyrrole nitrogens is 2. The molecule has 9 heteroatoms. The Kier molecular flexibility index (Phi) is 4.08. The third-order valence-corrected chi connectivity index (χ3v) is 6.43. The number of aromatic nitrogens is 4. The number of piperidine rings is 1. The Balaban J connectivity index is 1.53. The molecule has 3 atom stereocenters. The Hall–Kier alpha value is -3.28. The molecule has 9 nitrogen and oxygen atoms in total. The van der Waals surface area contributed by atoms with Crippen molar-refractivity contribution >= 4 is 28.1 Å². The summed E-state index contributed by atoms with van der Waals surface area (Å²) in [6, 6.07) is 3.59. The number of hydrogen-bond donors (Lipinski definition) is 2. The summed E-state index contributed by atoms with van der Waals surface area (Å²) in [5.74, 6) is 0.239. The van der Waals surface area contributed by atoms with Gasteiger partial charge in [0.15, 0.2) is 0 Å². The molecule has 150 valence electrons. The topological polar surface area (TPSA) is 114 Å². The summed E-state index contributed by atoms with van der Waals surface area (Å²) in [4.78, 5) is 39.9. The summed E-state index contributed by atoms with van der Waals surface area (Å²) in [6.07, 6.45) is 5.88. The van der Waals surface area contributed by atoms with Crippen LogP contribution >= 0.6 is 0 Å². The highest BCUT2D eigenvalue weighted by Gasteiger charge is 2.37. The van der Waals surface area contributed by atoms with E-state index in [0.717, 1.165) is 35.8 Å². The van der Waals surface area contributed by atoms with Crippen LogP contribution < -0.4 is 5.69 Å². The number of nitriles is 1. The molecule has 0 unspecified atom stereocenters. The third kappa shape index (κ3) is 2.70. The quantitative estimate of drug-likeness (QED) is 0.660. The molecular weight excluding hydrogens is 370 g/mol. The Morgan fingerprint density at radius 1 is 1.34 bits per heavy atom. The van der Waals surface area contributed by atoms with E-state index in [-0.39, 0.29) is 29.7 Å². The van der Waals surface area contributed by atoms with E-state index in [2.05, 4.69) is 27.9 Å². The van der Waals surface area contributed by atoms with E-state index in [4.69, 9.17) is 0 Å². The van der Waals surface area contributed by atoms with Gasteiger partial charge in [0, 0.05) is 31.2 Å². The van der Waals surface area contributed by atoms with Gasteiger partial charge in [-0.1, -0.05) is 6.92 Å². The minimum atomic E-state index is -0.346. The molecular formula is C20H23N7O2. The average Bonchev–Trinajstić information content (AvgIpc) is 3.44. The van der Waals surface area contributed by atoms with Crippen molar-refractivity contribution in [2.24, 2.45) is 5.92 Å². The van der Waals surface area contributed by atoms with Crippen molar-refractivity contribution in [2.45, 2.75) is 38.3 Å².